The van der Waals surface area contributed by atoms with Gasteiger partial charge >= 0.3 is 6.18 Å². The van der Waals surface area contributed by atoms with E-state index in [4.69, 9.17) is 0 Å². The van der Waals surface area contributed by atoms with Crippen LogP contribution >= 0.6 is 0 Å². The first-order valence-corrected chi connectivity index (χ1v) is 7.56. The molecule has 0 N–H and O–H groups in total. The van der Waals surface area contributed by atoms with E-state index in [0.717, 1.165) is 39.8 Å². The van der Waals surface area contributed by atoms with Crippen molar-refractivity contribution in [3.8, 4) is 11.1 Å². The molecule has 3 rings (SSSR count). The van der Waals surface area contributed by atoms with Crippen molar-refractivity contribution in [2.75, 3.05) is 0 Å². The number of alkyl halides is 3. The monoisotopic (exact) mass is 345 g/mol. The summed E-state index contributed by atoms with van der Waals surface area (Å²) in [6.07, 6.45) is -3.18. The third-order valence-corrected chi connectivity index (χ3v) is 4.16. The Morgan fingerprint density at radius 3 is 2.28 bits per heavy atom. The van der Waals surface area contributed by atoms with Crippen molar-refractivity contribution in [3.05, 3.63) is 71.8 Å². The van der Waals surface area contributed by atoms with Gasteiger partial charge in [0.1, 0.15) is 0 Å². The van der Waals surface area contributed by atoms with E-state index in [9.17, 15) is 22.8 Å². The minimum atomic E-state index is -4.37. The molecule has 0 unspecified atom stereocenters. The van der Waals surface area contributed by atoms with E-state index in [2.05, 4.69) is 6.58 Å². The molecule has 0 fully saturated rings. The van der Waals surface area contributed by atoms with Crippen LogP contribution in [0.1, 0.15) is 16.7 Å². The molecular formula is C19H14F3NO2. The summed E-state index contributed by atoms with van der Waals surface area (Å²) >= 11 is 0. The van der Waals surface area contributed by atoms with Gasteiger partial charge in [0.25, 0.3) is 5.91 Å². The van der Waals surface area contributed by atoms with Gasteiger partial charge in [-0.3, -0.25) is 14.5 Å². The number of rotatable bonds is 2. The van der Waals surface area contributed by atoms with E-state index in [1.54, 1.807) is 18.2 Å². The molecule has 1 aliphatic heterocycles. The average molecular weight is 345 g/mol. The number of fused-ring (bicyclic) bond motifs is 1. The second-order valence-electron chi connectivity index (χ2n) is 5.76. The van der Waals surface area contributed by atoms with Crippen LogP contribution in [0.5, 0.6) is 0 Å². The number of carbonyl (C=O) groups excluding carboxylic acids is 2. The molecular weight excluding hydrogens is 331 g/mol. The van der Waals surface area contributed by atoms with E-state index in [-0.39, 0.29) is 18.9 Å². The lowest BCUT2D eigenvalue weighted by Crippen LogP contribution is -2.39. The van der Waals surface area contributed by atoms with Gasteiger partial charge in [-0.05, 0) is 46.5 Å². The van der Waals surface area contributed by atoms with Gasteiger partial charge in [-0.15, -0.1) is 0 Å². The summed E-state index contributed by atoms with van der Waals surface area (Å²) in [5, 5.41) is 0. The fraction of sp³-hybridized carbons (Fsp3) is 0.158. The molecule has 1 aliphatic rings. The topological polar surface area (TPSA) is 37.4 Å². The van der Waals surface area contributed by atoms with Gasteiger partial charge in [-0.1, -0.05) is 30.8 Å². The molecule has 1 heterocycles. The molecule has 0 aromatic heterocycles. The zero-order valence-corrected chi connectivity index (χ0v) is 13.1. The third-order valence-electron chi connectivity index (χ3n) is 4.16. The van der Waals surface area contributed by atoms with Gasteiger partial charge in [0.05, 0.1) is 18.5 Å². The largest absolute Gasteiger partial charge is 0.416 e. The molecule has 0 saturated carbocycles. The van der Waals surface area contributed by atoms with Gasteiger partial charge in [0.15, 0.2) is 0 Å². The molecule has 0 bridgehead atoms. The molecule has 2 aromatic rings. The van der Waals surface area contributed by atoms with Crippen molar-refractivity contribution in [1.82, 2.24) is 4.90 Å². The molecule has 6 heteroatoms. The minimum Gasteiger partial charge on any atom is -0.274 e. The second kappa shape index (κ2) is 6.20. The molecule has 0 aliphatic carbocycles. The molecule has 25 heavy (non-hydrogen) atoms. The predicted molar refractivity (Wildman–Crippen MR) is 86.3 cm³/mol. The summed E-state index contributed by atoms with van der Waals surface area (Å²) in [4.78, 5) is 24.9. The Kier molecular flexibility index (Phi) is 4.20. The first-order valence-electron chi connectivity index (χ1n) is 7.56. The standard InChI is InChI=1S/C19H14F3NO2/c1-2-17(24)23-11-15-9-13(3-4-14(15)10-18(23)25)12-5-7-16(8-6-12)19(20,21)22/h2-9H,1,10-11H2. The number of hydrogen-bond acceptors (Lipinski definition) is 2. The fourth-order valence-corrected chi connectivity index (χ4v) is 2.80. The molecule has 0 saturated heterocycles. The number of hydrogen-bond donors (Lipinski definition) is 0. The highest BCUT2D eigenvalue weighted by Gasteiger charge is 2.30. The lowest BCUT2D eigenvalue weighted by Gasteiger charge is -2.26. The van der Waals surface area contributed by atoms with E-state index in [1.165, 1.54) is 12.1 Å². The first-order chi connectivity index (χ1) is 11.8. The lowest BCUT2D eigenvalue weighted by molar-refractivity contribution is -0.143. The van der Waals surface area contributed by atoms with Crippen molar-refractivity contribution in [1.29, 1.82) is 0 Å². The molecule has 0 spiro atoms. The molecule has 0 radical (unpaired) electrons. The maximum Gasteiger partial charge on any atom is 0.416 e. The number of halogens is 3. The van der Waals surface area contributed by atoms with E-state index in [0.29, 0.717) is 5.56 Å². The van der Waals surface area contributed by atoms with Crippen molar-refractivity contribution < 1.29 is 22.8 Å². The fourth-order valence-electron chi connectivity index (χ4n) is 2.80. The Bertz CT molecular complexity index is 854. The van der Waals surface area contributed by atoms with Crippen LogP contribution in [0.15, 0.2) is 55.1 Å². The zero-order chi connectivity index (χ0) is 18.2. The smallest absolute Gasteiger partial charge is 0.274 e. The number of imide groups is 1. The molecule has 2 aromatic carbocycles. The summed E-state index contributed by atoms with van der Waals surface area (Å²) in [7, 11) is 0. The molecule has 0 atom stereocenters. The average Bonchev–Trinajstić information content (AvgIpc) is 2.59. The molecule has 128 valence electrons. The van der Waals surface area contributed by atoms with E-state index in [1.807, 2.05) is 0 Å². The third kappa shape index (κ3) is 3.33. The maximum atomic E-state index is 12.7. The van der Waals surface area contributed by atoms with Crippen molar-refractivity contribution in [3.63, 3.8) is 0 Å². The second-order valence-corrected chi connectivity index (χ2v) is 5.76. The minimum absolute atomic E-state index is 0.113. The number of benzene rings is 2. The summed E-state index contributed by atoms with van der Waals surface area (Å²) < 4.78 is 38.0. The summed E-state index contributed by atoms with van der Waals surface area (Å²) in [6.45, 7) is 3.52. The predicted octanol–water partition coefficient (Wildman–Crippen LogP) is 3.97. The van der Waals surface area contributed by atoms with Gasteiger partial charge in [0.2, 0.25) is 5.91 Å². The SMILES string of the molecule is C=CC(=O)N1Cc2cc(-c3ccc(C(F)(F)F)cc3)ccc2CC1=O. The van der Waals surface area contributed by atoms with Crippen LogP contribution in [-0.2, 0) is 28.7 Å². The van der Waals surface area contributed by atoms with Crippen LogP contribution in [0.4, 0.5) is 13.2 Å². The van der Waals surface area contributed by atoms with Crippen LogP contribution < -0.4 is 0 Å². The van der Waals surface area contributed by atoms with Gasteiger partial charge < -0.3 is 0 Å². The number of amides is 2. The zero-order valence-electron chi connectivity index (χ0n) is 13.1. The quantitative estimate of drug-likeness (QED) is 0.773. The van der Waals surface area contributed by atoms with Crippen molar-refractivity contribution in [2.24, 2.45) is 0 Å². The van der Waals surface area contributed by atoms with E-state index >= 15 is 0 Å². The van der Waals surface area contributed by atoms with Crippen LogP contribution in [0.3, 0.4) is 0 Å². The van der Waals surface area contributed by atoms with Gasteiger partial charge in [0, 0.05) is 0 Å². The highest BCUT2D eigenvalue weighted by atomic mass is 19.4. The summed E-state index contributed by atoms with van der Waals surface area (Å²) in [5.74, 6) is -0.754. The Hall–Kier alpha value is -2.89. The highest BCUT2D eigenvalue weighted by Crippen LogP contribution is 2.32. The maximum absolute atomic E-state index is 12.7. The summed E-state index contributed by atoms with van der Waals surface area (Å²) in [6, 6.07) is 10.2. The van der Waals surface area contributed by atoms with Crippen LogP contribution in [-0.4, -0.2) is 16.7 Å². The van der Waals surface area contributed by atoms with Gasteiger partial charge in [-0.2, -0.15) is 13.2 Å². The van der Waals surface area contributed by atoms with Crippen LogP contribution in [0, 0.1) is 0 Å². The first kappa shape index (κ1) is 17.0. The number of carbonyl (C=O) groups is 2. The Morgan fingerprint density at radius 1 is 1.04 bits per heavy atom. The van der Waals surface area contributed by atoms with Crippen molar-refractivity contribution in [2.45, 2.75) is 19.1 Å². The van der Waals surface area contributed by atoms with Crippen molar-refractivity contribution >= 4 is 11.8 Å². The Labute approximate surface area is 142 Å². The summed E-state index contributed by atoms with van der Waals surface area (Å²) in [5.41, 5.74) is 2.27. The normalized spacial score (nSPS) is 14.2. The lowest BCUT2D eigenvalue weighted by atomic mass is 9.94. The van der Waals surface area contributed by atoms with Crippen LogP contribution in [0.25, 0.3) is 11.1 Å². The molecule has 2 amide bonds. The van der Waals surface area contributed by atoms with Gasteiger partial charge in [-0.25, -0.2) is 0 Å². The van der Waals surface area contributed by atoms with E-state index < -0.39 is 17.6 Å². The highest BCUT2D eigenvalue weighted by molar-refractivity contribution is 6.02. The Morgan fingerprint density at radius 2 is 1.68 bits per heavy atom. The Balaban J connectivity index is 1.92. The number of nitrogens with zero attached hydrogens (tertiary/aromatic N) is 1. The van der Waals surface area contributed by atoms with Crippen LogP contribution in [0.2, 0.25) is 0 Å². The molecule has 3 nitrogen and oxygen atoms in total.